The molecule has 0 spiro atoms. The van der Waals surface area contributed by atoms with Crippen molar-refractivity contribution in [3.05, 3.63) is 12.7 Å². The first-order valence-corrected chi connectivity index (χ1v) is 12.7. The fourth-order valence-corrected chi connectivity index (χ4v) is 6.43. The number of rotatable bonds is 8. The van der Waals surface area contributed by atoms with Crippen LogP contribution in [0.4, 0.5) is 5.82 Å². The zero-order chi connectivity index (χ0) is 23.2. The second-order valence-corrected chi connectivity index (χ2v) is 10.8. The van der Waals surface area contributed by atoms with E-state index in [9.17, 15) is 33.7 Å². The first kappa shape index (κ1) is 24.3. The molecule has 6 atom stereocenters. The minimum Gasteiger partial charge on any atom is -0.394 e. The Kier molecular flexibility index (Phi) is 6.68. The van der Waals surface area contributed by atoms with Crippen LogP contribution in [0.2, 0.25) is 0 Å². The number of aliphatic hydroxyl groups excluding tert-OH is 2. The van der Waals surface area contributed by atoms with E-state index >= 15 is 0 Å². The highest BCUT2D eigenvalue weighted by molar-refractivity contribution is 7.70. The summed E-state index contributed by atoms with van der Waals surface area (Å²) in [6, 6.07) is 0. The molecule has 0 bridgehead atoms. The van der Waals surface area contributed by atoms with E-state index in [1.54, 1.807) is 0 Å². The summed E-state index contributed by atoms with van der Waals surface area (Å²) in [5, 5.41) is 19.7. The molecule has 2 aromatic rings. The maximum atomic E-state index is 12.3. The lowest BCUT2D eigenvalue weighted by molar-refractivity contribution is -0.0494. The van der Waals surface area contributed by atoms with Crippen LogP contribution >= 0.6 is 23.3 Å². The van der Waals surface area contributed by atoms with Crippen LogP contribution in [0.15, 0.2) is 12.7 Å². The molecule has 2 unspecified atom stereocenters. The first-order valence-electron chi connectivity index (χ1n) is 8.01. The number of aromatic nitrogens is 4. The third-order valence-electron chi connectivity index (χ3n) is 3.89. The summed E-state index contributed by atoms with van der Waals surface area (Å²) in [6.45, 7) is -0.746. The van der Waals surface area contributed by atoms with Gasteiger partial charge in [-0.05, 0) is 0 Å². The molecule has 1 saturated heterocycles. The molecule has 1 aliphatic rings. The number of hydrogen-bond donors (Lipinski definition) is 8. The summed E-state index contributed by atoms with van der Waals surface area (Å²) in [4.78, 5) is 49.2. The number of hydrogen-bond acceptors (Lipinski definition) is 12. The van der Waals surface area contributed by atoms with E-state index in [-0.39, 0.29) is 17.0 Å². The molecule has 0 amide bonds. The number of nitrogens with two attached hydrogens (primary N) is 1. The predicted octanol–water partition coefficient (Wildman–Crippen LogP) is -2.06. The molecule has 3 heterocycles. The van der Waals surface area contributed by atoms with Crippen molar-refractivity contribution in [1.82, 2.24) is 24.4 Å². The fourth-order valence-electron chi connectivity index (χ4n) is 2.77. The molecule has 9 N–H and O–H groups in total. The first-order chi connectivity index (χ1) is 14.2. The quantitative estimate of drug-likeness (QED) is 0.179. The lowest BCUT2D eigenvalue weighted by atomic mass is 10.1. The Labute approximate surface area is 172 Å². The average molecular weight is 506 g/mol. The van der Waals surface area contributed by atoms with Crippen molar-refractivity contribution in [2.75, 3.05) is 12.3 Å². The average Bonchev–Trinajstić information content (AvgIpc) is 3.14. The zero-order valence-corrected chi connectivity index (χ0v) is 17.7. The molecule has 0 saturated carbocycles. The van der Waals surface area contributed by atoms with E-state index in [0.29, 0.717) is 0 Å². The molecule has 174 valence electrons. The van der Waals surface area contributed by atoms with Gasteiger partial charge in [0.05, 0.1) is 12.9 Å². The van der Waals surface area contributed by atoms with Gasteiger partial charge in [-0.3, -0.25) is 9.09 Å². The Morgan fingerprint density at radius 3 is 2.45 bits per heavy atom. The van der Waals surface area contributed by atoms with Gasteiger partial charge in [-0.15, -0.1) is 4.86 Å². The topological polar surface area (TPSA) is 282 Å². The van der Waals surface area contributed by atoms with Crippen molar-refractivity contribution < 1.29 is 57.1 Å². The molecule has 2 aromatic heterocycles. The summed E-state index contributed by atoms with van der Waals surface area (Å²) in [6.07, 6.45) is -4.07. The van der Waals surface area contributed by atoms with Crippen LogP contribution < -0.4 is 10.6 Å². The maximum Gasteiger partial charge on any atom is 0.477 e. The Bertz CT molecular complexity index is 1110. The number of imidazole rings is 1. The summed E-state index contributed by atoms with van der Waals surface area (Å²) < 4.78 is 49.7. The highest BCUT2D eigenvalue weighted by atomic mass is 31.3. The molecular weight excluding hydrogens is 489 g/mol. The minimum absolute atomic E-state index is 0.0104. The number of fused-ring (bicyclic) bond motifs is 1. The van der Waals surface area contributed by atoms with E-state index in [2.05, 4.69) is 19.3 Å². The molecule has 3 rings (SSSR count). The molecular formula is C10H17N6O12P3. The summed E-state index contributed by atoms with van der Waals surface area (Å²) in [7, 11) is -16.4. The van der Waals surface area contributed by atoms with E-state index in [1.165, 1.54) is 0 Å². The number of aliphatic hydroxyl groups is 2. The van der Waals surface area contributed by atoms with Crippen LogP contribution in [-0.4, -0.2) is 74.2 Å². The number of nitrogens with zero attached hydrogens (tertiary/aromatic N) is 4. The molecule has 18 nitrogen and oxygen atoms in total. The van der Waals surface area contributed by atoms with Gasteiger partial charge in [-0.1, -0.05) is 0 Å². The summed E-state index contributed by atoms with van der Waals surface area (Å²) >= 11 is 0. The lowest BCUT2D eigenvalue weighted by Gasteiger charge is -2.25. The third kappa shape index (κ3) is 5.53. The van der Waals surface area contributed by atoms with E-state index in [4.69, 9.17) is 24.8 Å². The van der Waals surface area contributed by atoms with E-state index < -0.39 is 54.5 Å². The van der Waals surface area contributed by atoms with Gasteiger partial charge in [-0.25, -0.2) is 28.6 Å². The monoisotopic (exact) mass is 506 g/mol. The third-order valence-corrected chi connectivity index (χ3v) is 8.18. The fraction of sp³-hybridized carbons (Fsp3) is 0.500. The molecule has 0 aromatic carbocycles. The Morgan fingerprint density at radius 1 is 1.16 bits per heavy atom. The van der Waals surface area contributed by atoms with Crippen LogP contribution in [0.3, 0.4) is 0 Å². The van der Waals surface area contributed by atoms with Gasteiger partial charge in [0.25, 0.3) is 0 Å². The van der Waals surface area contributed by atoms with Gasteiger partial charge >= 0.3 is 23.3 Å². The standard InChI is InChI=1S/C10H17N6O12P3/c11-8-5-9(13-2-12-8)16(3-14-5)10-7(6(18)4(1-17)26-10)27-29(19,20)15-30(21,22)28-31(23,24)25/h2-4,6-7,10,17-18H,1H2,(H2,11,12,13)(H2,23,24,25)(H3,15,19,20,21,22)/t4-,6-,7-,10-/m1/s1. The van der Waals surface area contributed by atoms with Crippen LogP contribution in [0.5, 0.6) is 0 Å². The molecule has 1 fully saturated rings. The van der Waals surface area contributed by atoms with Crippen LogP contribution in [0.25, 0.3) is 11.2 Å². The largest absolute Gasteiger partial charge is 0.477 e. The molecule has 0 aliphatic carbocycles. The zero-order valence-electron chi connectivity index (χ0n) is 15.0. The van der Waals surface area contributed by atoms with Gasteiger partial charge < -0.3 is 40.3 Å². The van der Waals surface area contributed by atoms with Gasteiger partial charge in [0.2, 0.25) is 0 Å². The Hall–Kier alpha value is -1.36. The highest BCUT2D eigenvalue weighted by Gasteiger charge is 2.50. The molecule has 0 radical (unpaired) electrons. The van der Waals surface area contributed by atoms with Crippen LogP contribution in [-0.2, 0) is 27.3 Å². The lowest BCUT2D eigenvalue weighted by Crippen LogP contribution is -2.35. The van der Waals surface area contributed by atoms with E-state index in [0.717, 1.165) is 22.1 Å². The maximum absolute atomic E-state index is 12.3. The van der Waals surface area contributed by atoms with Crippen molar-refractivity contribution in [2.45, 2.75) is 24.5 Å². The van der Waals surface area contributed by atoms with Crippen molar-refractivity contribution in [3.8, 4) is 0 Å². The Morgan fingerprint density at radius 2 is 1.84 bits per heavy atom. The second kappa shape index (κ2) is 8.53. The molecule has 21 heteroatoms. The summed E-state index contributed by atoms with van der Waals surface area (Å²) in [5.41, 5.74) is 5.87. The van der Waals surface area contributed by atoms with Crippen molar-refractivity contribution in [1.29, 1.82) is 0 Å². The van der Waals surface area contributed by atoms with E-state index in [1.807, 2.05) is 0 Å². The summed E-state index contributed by atoms with van der Waals surface area (Å²) in [5.74, 6) is -0.0104. The van der Waals surface area contributed by atoms with Crippen LogP contribution in [0, 0.1) is 0 Å². The van der Waals surface area contributed by atoms with Crippen LogP contribution in [0.1, 0.15) is 6.23 Å². The number of phosphoric acid groups is 1. The van der Waals surface area contributed by atoms with Crippen molar-refractivity contribution >= 4 is 40.3 Å². The normalized spacial score (nSPS) is 28.5. The number of anilines is 1. The SMILES string of the molecule is Nc1ncnc2c1ncn2[C@@H]1O[C@H](CO)[C@@H](O)[C@H]1OP(=O)(O)NP(=O)(O)OP(=O)(O)O. The minimum atomic E-state index is -5.54. The smallest absolute Gasteiger partial charge is 0.394 e. The van der Waals surface area contributed by atoms with Gasteiger partial charge in [0.1, 0.15) is 30.2 Å². The highest BCUT2D eigenvalue weighted by Crippen LogP contribution is 2.60. The second-order valence-electron chi connectivity index (χ2n) is 6.10. The molecule has 1 aliphatic heterocycles. The van der Waals surface area contributed by atoms with Crippen molar-refractivity contribution in [2.24, 2.45) is 0 Å². The van der Waals surface area contributed by atoms with Gasteiger partial charge in [0.15, 0.2) is 17.7 Å². The van der Waals surface area contributed by atoms with Gasteiger partial charge in [0, 0.05) is 0 Å². The predicted molar refractivity (Wildman–Crippen MR) is 97.5 cm³/mol. The number of nitrogen functional groups attached to an aromatic ring is 1. The molecule has 31 heavy (non-hydrogen) atoms. The van der Waals surface area contributed by atoms with Crippen molar-refractivity contribution in [3.63, 3.8) is 0 Å². The van der Waals surface area contributed by atoms with Gasteiger partial charge in [-0.2, -0.15) is 4.31 Å². The Balaban J connectivity index is 1.91. The number of ether oxygens (including phenoxy) is 1. The number of nitrogens with one attached hydrogen (secondary N) is 1.